The SMILES string of the molecule is Cc1cccc(CC2(CO)CN(S(=O)(=O)C(C)C)CCO2)c1. The van der Waals surface area contributed by atoms with E-state index in [-0.39, 0.29) is 13.2 Å². The standard InChI is InChI=1S/C16H25NO4S/c1-13(2)22(19,20)17-7-8-21-16(11-17,12-18)10-15-6-4-5-14(3)9-15/h4-6,9,13,18H,7-8,10-12H2,1-3H3. The number of rotatable bonds is 5. The van der Waals surface area contributed by atoms with E-state index in [2.05, 4.69) is 0 Å². The molecule has 0 aliphatic carbocycles. The van der Waals surface area contributed by atoms with Crippen LogP contribution in [0.3, 0.4) is 0 Å². The summed E-state index contributed by atoms with van der Waals surface area (Å²) in [7, 11) is -3.34. The van der Waals surface area contributed by atoms with Crippen LogP contribution in [0.5, 0.6) is 0 Å². The molecule has 6 heteroatoms. The van der Waals surface area contributed by atoms with Gasteiger partial charge in [-0.25, -0.2) is 8.42 Å². The fourth-order valence-electron chi connectivity index (χ4n) is 2.78. The van der Waals surface area contributed by atoms with E-state index in [4.69, 9.17) is 4.74 Å². The van der Waals surface area contributed by atoms with Gasteiger partial charge >= 0.3 is 0 Å². The first-order valence-electron chi connectivity index (χ1n) is 7.58. The lowest BCUT2D eigenvalue weighted by atomic mass is 9.93. The quantitative estimate of drug-likeness (QED) is 0.886. The minimum absolute atomic E-state index is 0.192. The largest absolute Gasteiger partial charge is 0.393 e. The summed E-state index contributed by atoms with van der Waals surface area (Å²) in [6.07, 6.45) is 0.495. The minimum atomic E-state index is -3.34. The molecule has 0 radical (unpaired) electrons. The van der Waals surface area contributed by atoms with Crippen LogP contribution in [0.25, 0.3) is 0 Å². The second kappa shape index (κ2) is 6.66. The predicted molar refractivity (Wildman–Crippen MR) is 86.3 cm³/mol. The molecule has 1 fully saturated rings. The third kappa shape index (κ3) is 3.68. The second-order valence-corrected chi connectivity index (χ2v) is 8.77. The number of aliphatic hydroxyl groups is 1. The first kappa shape index (κ1) is 17.4. The van der Waals surface area contributed by atoms with Gasteiger partial charge in [0.1, 0.15) is 5.60 Å². The van der Waals surface area contributed by atoms with Crippen molar-refractivity contribution >= 4 is 10.0 Å². The Labute approximate surface area is 133 Å². The zero-order chi connectivity index (χ0) is 16.4. The number of sulfonamides is 1. The zero-order valence-electron chi connectivity index (χ0n) is 13.4. The number of aliphatic hydroxyl groups excluding tert-OH is 1. The molecule has 0 saturated carbocycles. The first-order valence-corrected chi connectivity index (χ1v) is 9.09. The summed E-state index contributed by atoms with van der Waals surface area (Å²) in [5, 5.41) is 9.38. The van der Waals surface area contributed by atoms with Crippen LogP contribution in [0, 0.1) is 6.92 Å². The fraction of sp³-hybridized carbons (Fsp3) is 0.625. The topological polar surface area (TPSA) is 66.8 Å². The van der Waals surface area contributed by atoms with Crippen molar-refractivity contribution < 1.29 is 18.3 Å². The number of morpholine rings is 1. The molecule has 0 aromatic heterocycles. The molecule has 0 bridgehead atoms. The van der Waals surface area contributed by atoms with Crippen molar-refractivity contribution in [2.45, 2.75) is 38.0 Å². The summed E-state index contributed by atoms with van der Waals surface area (Å²) in [6, 6.07) is 7.98. The van der Waals surface area contributed by atoms with Gasteiger partial charge in [0.05, 0.1) is 18.5 Å². The van der Waals surface area contributed by atoms with E-state index in [1.165, 1.54) is 4.31 Å². The third-order valence-corrected chi connectivity index (χ3v) is 6.29. The van der Waals surface area contributed by atoms with Crippen LogP contribution in [0.2, 0.25) is 0 Å². The molecule has 5 nitrogen and oxygen atoms in total. The summed E-state index contributed by atoms with van der Waals surface area (Å²) in [5.41, 5.74) is 1.31. The predicted octanol–water partition coefficient (Wildman–Crippen LogP) is 1.34. The highest BCUT2D eigenvalue weighted by Gasteiger charge is 2.41. The summed E-state index contributed by atoms with van der Waals surface area (Å²) < 4.78 is 32.0. The van der Waals surface area contributed by atoms with Crippen LogP contribution >= 0.6 is 0 Å². The van der Waals surface area contributed by atoms with Gasteiger partial charge in [0.2, 0.25) is 10.0 Å². The van der Waals surface area contributed by atoms with Gasteiger partial charge < -0.3 is 9.84 Å². The van der Waals surface area contributed by atoms with E-state index in [0.29, 0.717) is 19.6 Å². The molecule has 1 N–H and O–H groups in total. The molecule has 1 aromatic rings. The van der Waals surface area contributed by atoms with Crippen LogP contribution < -0.4 is 0 Å². The number of hydrogen-bond acceptors (Lipinski definition) is 4. The molecule has 1 aliphatic rings. The Bertz CT molecular complexity index is 614. The van der Waals surface area contributed by atoms with Crippen LogP contribution in [-0.4, -0.2) is 55.0 Å². The highest BCUT2D eigenvalue weighted by Crippen LogP contribution is 2.26. The van der Waals surface area contributed by atoms with Crippen molar-refractivity contribution in [1.82, 2.24) is 4.31 Å². The molecule has 2 rings (SSSR count). The Morgan fingerprint density at radius 1 is 1.41 bits per heavy atom. The highest BCUT2D eigenvalue weighted by molar-refractivity contribution is 7.89. The van der Waals surface area contributed by atoms with Gasteiger partial charge in [-0.15, -0.1) is 0 Å². The molecule has 1 aliphatic heterocycles. The average Bonchev–Trinajstić information content (AvgIpc) is 2.47. The van der Waals surface area contributed by atoms with Crippen molar-refractivity contribution in [3.63, 3.8) is 0 Å². The first-order chi connectivity index (χ1) is 10.3. The van der Waals surface area contributed by atoms with Crippen molar-refractivity contribution in [2.24, 2.45) is 0 Å². The van der Waals surface area contributed by atoms with E-state index < -0.39 is 20.9 Å². The van der Waals surface area contributed by atoms with Crippen LogP contribution in [-0.2, 0) is 21.2 Å². The average molecular weight is 327 g/mol. The summed E-state index contributed by atoms with van der Waals surface area (Å²) in [6.45, 7) is 5.99. The van der Waals surface area contributed by atoms with Gasteiger partial charge in [-0.2, -0.15) is 4.31 Å². The number of hydrogen-bond donors (Lipinski definition) is 1. The second-order valence-electron chi connectivity index (χ2n) is 6.28. The number of benzene rings is 1. The molecule has 1 atom stereocenters. The summed E-state index contributed by atoms with van der Waals surface area (Å²) in [4.78, 5) is 0. The Hall–Kier alpha value is -0.950. The zero-order valence-corrected chi connectivity index (χ0v) is 14.3. The molecule has 124 valence electrons. The lowest BCUT2D eigenvalue weighted by Gasteiger charge is -2.41. The van der Waals surface area contributed by atoms with Crippen molar-refractivity contribution in [2.75, 3.05) is 26.3 Å². The molecular formula is C16H25NO4S. The van der Waals surface area contributed by atoms with E-state index >= 15 is 0 Å². The Balaban J connectivity index is 2.22. The molecule has 1 heterocycles. The molecule has 1 aromatic carbocycles. The van der Waals surface area contributed by atoms with Crippen LogP contribution in [0.4, 0.5) is 0 Å². The van der Waals surface area contributed by atoms with E-state index in [0.717, 1.165) is 11.1 Å². The van der Waals surface area contributed by atoms with E-state index in [1.54, 1.807) is 13.8 Å². The number of aryl methyl sites for hydroxylation is 1. The maximum atomic E-state index is 12.4. The molecule has 0 amide bonds. The molecular weight excluding hydrogens is 302 g/mol. The van der Waals surface area contributed by atoms with E-state index in [9.17, 15) is 13.5 Å². The lowest BCUT2D eigenvalue weighted by Crippen LogP contribution is -2.57. The van der Waals surface area contributed by atoms with Gasteiger partial charge in [-0.3, -0.25) is 0 Å². The monoisotopic (exact) mass is 327 g/mol. The third-order valence-electron chi connectivity index (χ3n) is 4.07. The van der Waals surface area contributed by atoms with Crippen LogP contribution in [0.15, 0.2) is 24.3 Å². The maximum Gasteiger partial charge on any atom is 0.216 e. The lowest BCUT2D eigenvalue weighted by molar-refractivity contribution is -0.115. The summed E-state index contributed by atoms with van der Waals surface area (Å²) in [5.74, 6) is 0. The van der Waals surface area contributed by atoms with Gasteiger partial charge in [0.15, 0.2) is 0 Å². The Kier molecular flexibility index (Phi) is 5.27. The normalized spacial score (nSPS) is 23.9. The summed E-state index contributed by atoms with van der Waals surface area (Å²) >= 11 is 0. The number of nitrogens with zero attached hydrogens (tertiary/aromatic N) is 1. The molecule has 0 spiro atoms. The molecule has 22 heavy (non-hydrogen) atoms. The van der Waals surface area contributed by atoms with Crippen molar-refractivity contribution in [3.8, 4) is 0 Å². The Morgan fingerprint density at radius 2 is 2.14 bits per heavy atom. The smallest absolute Gasteiger partial charge is 0.216 e. The van der Waals surface area contributed by atoms with Gasteiger partial charge in [0.25, 0.3) is 0 Å². The highest BCUT2D eigenvalue weighted by atomic mass is 32.2. The van der Waals surface area contributed by atoms with Gasteiger partial charge in [-0.05, 0) is 26.3 Å². The number of ether oxygens (including phenoxy) is 1. The van der Waals surface area contributed by atoms with Crippen LogP contribution in [0.1, 0.15) is 25.0 Å². The maximum absolute atomic E-state index is 12.4. The van der Waals surface area contributed by atoms with Gasteiger partial charge in [0, 0.05) is 19.5 Å². The van der Waals surface area contributed by atoms with E-state index in [1.807, 2.05) is 31.2 Å². The molecule has 1 saturated heterocycles. The van der Waals surface area contributed by atoms with Crippen molar-refractivity contribution in [3.05, 3.63) is 35.4 Å². The van der Waals surface area contributed by atoms with Crippen molar-refractivity contribution in [1.29, 1.82) is 0 Å². The molecule has 1 unspecified atom stereocenters. The fourth-order valence-corrected chi connectivity index (χ4v) is 4.12. The Morgan fingerprint density at radius 3 is 2.73 bits per heavy atom. The van der Waals surface area contributed by atoms with Gasteiger partial charge in [-0.1, -0.05) is 29.8 Å². The minimum Gasteiger partial charge on any atom is -0.393 e.